The third-order valence-electron chi connectivity index (χ3n) is 1.64. The van der Waals surface area contributed by atoms with Crippen molar-refractivity contribution in [2.24, 2.45) is 0 Å². The number of H-pyrrole nitrogens is 1. The SMILES string of the molecule is CC(NC(=O)C(C)(C)Br)c1nn[nH]n1. The Kier molecular flexibility index (Phi) is 3.20. The smallest absolute Gasteiger partial charge is 0.236 e. The van der Waals surface area contributed by atoms with Crippen LogP contribution in [0, 0.1) is 0 Å². The second kappa shape index (κ2) is 4.04. The summed E-state index contributed by atoms with van der Waals surface area (Å²) in [4.78, 5) is 11.5. The zero-order valence-electron chi connectivity index (χ0n) is 8.21. The summed E-state index contributed by atoms with van der Waals surface area (Å²) < 4.78 is -0.592. The lowest BCUT2D eigenvalue weighted by Crippen LogP contribution is -2.39. The van der Waals surface area contributed by atoms with E-state index in [-0.39, 0.29) is 11.9 Å². The molecule has 1 aromatic heterocycles. The minimum Gasteiger partial charge on any atom is -0.345 e. The molecule has 0 radical (unpaired) electrons. The third kappa shape index (κ3) is 2.76. The molecule has 1 unspecified atom stereocenters. The van der Waals surface area contributed by atoms with E-state index < -0.39 is 4.32 Å². The summed E-state index contributed by atoms with van der Waals surface area (Å²) in [6.45, 7) is 5.33. The predicted molar refractivity (Wildman–Crippen MR) is 53.7 cm³/mol. The van der Waals surface area contributed by atoms with Crippen LogP contribution in [0.2, 0.25) is 0 Å². The van der Waals surface area contributed by atoms with Crippen LogP contribution in [0.1, 0.15) is 32.6 Å². The van der Waals surface area contributed by atoms with Gasteiger partial charge in [0.05, 0.1) is 10.4 Å². The van der Waals surface area contributed by atoms with E-state index in [1.807, 2.05) is 0 Å². The lowest BCUT2D eigenvalue weighted by atomic mass is 10.2. The van der Waals surface area contributed by atoms with Crippen molar-refractivity contribution < 1.29 is 4.79 Å². The molecule has 1 amide bonds. The van der Waals surface area contributed by atoms with Crippen molar-refractivity contribution in [3.8, 4) is 0 Å². The number of alkyl halides is 1. The van der Waals surface area contributed by atoms with E-state index in [4.69, 9.17) is 0 Å². The van der Waals surface area contributed by atoms with Gasteiger partial charge in [0.15, 0.2) is 5.82 Å². The molecule has 0 fully saturated rings. The molecule has 0 aliphatic carbocycles. The fourth-order valence-corrected chi connectivity index (χ4v) is 0.900. The topological polar surface area (TPSA) is 83.6 Å². The molecule has 0 bridgehead atoms. The van der Waals surface area contributed by atoms with Crippen molar-refractivity contribution in [2.75, 3.05) is 0 Å². The second-order valence-corrected chi connectivity index (χ2v) is 5.42. The number of carbonyl (C=O) groups excluding carboxylic acids is 1. The number of carbonyl (C=O) groups is 1. The lowest BCUT2D eigenvalue weighted by Gasteiger charge is -2.18. The van der Waals surface area contributed by atoms with E-state index in [0.717, 1.165) is 0 Å². The van der Waals surface area contributed by atoms with E-state index >= 15 is 0 Å². The maximum absolute atomic E-state index is 11.5. The Labute approximate surface area is 90.0 Å². The zero-order chi connectivity index (χ0) is 10.8. The maximum Gasteiger partial charge on any atom is 0.236 e. The van der Waals surface area contributed by atoms with Gasteiger partial charge in [0.2, 0.25) is 5.91 Å². The number of halogens is 1. The number of rotatable bonds is 3. The van der Waals surface area contributed by atoms with Crippen LogP contribution in [-0.2, 0) is 4.79 Å². The quantitative estimate of drug-likeness (QED) is 0.779. The number of amides is 1. The van der Waals surface area contributed by atoms with E-state index in [1.54, 1.807) is 20.8 Å². The highest BCUT2D eigenvalue weighted by Crippen LogP contribution is 2.17. The van der Waals surface area contributed by atoms with E-state index in [0.29, 0.717) is 5.82 Å². The monoisotopic (exact) mass is 261 g/mol. The Balaban J connectivity index is 2.58. The number of aromatic nitrogens is 4. The van der Waals surface area contributed by atoms with Gasteiger partial charge in [0.1, 0.15) is 0 Å². The van der Waals surface area contributed by atoms with E-state index in [2.05, 4.69) is 41.9 Å². The standard InChI is InChI=1S/C7H12BrN5O/c1-4(5-10-12-13-11-5)9-6(14)7(2,3)8/h4H,1-3H3,(H,9,14)(H,10,11,12,13). The minimum absolute atomic E-state index is 0.116. The number of hydrogen-bond acceptors (Lipinski definition) is 4. The zero-order valence-corrected chi connectivity index (χ0v) is 9.79. The number of hydrogen-bond donors (Lipinski definition) is 2. The molecule has 6 nitrogen and oxygen atoms in total. The molecular formula is C7H12BrN5O. The van der Waals surface area contributed by atoms with Crippen LogP contribution in [0.15, 0.2) is 0 Å². The largest absolute Gasteiger partial charge is 0.345 e. The summed E-state index contributed by atoms with van der Waals surface area (Å²) in [6.07, 6.45) is 0. The van der Waals surface area contributed by atoms with Crippen molar-refractivity contribution >= 4 is 21.8 Å². The predicted octanol–water partition coefficient (Wildman–Crippen LogP) is 0.550. The maximum atomic E-state index is 11.5. The van der Waals surface area contributed by atoms with Crippen LogP contribution in [-0.4, -0.2) is 30.9 Å². The summed E-state index contributed by atoms with van der Waals surface area (Å²) in [5.41, 5.74) is 0. The third-order valence-corrected chi connectivity index (χ3v) is 2.00. The van der Waals surface area contributed by atoms with Gasteiger partial charge in [-0.15, -0.1) is 10.2 Å². The van der Waals surface area contributed by atoms with Gasteiger partial charge >= 0.3 is 0 Å². The molecule has 1 aromatic rings. The molecule has 1 heterocycles. The van der Waals surface area contributed by atoms with Gasteiger partial charge in [-0.1, -0.05) is 21.1 Å². The Bertz CT molecular complexity index is 304. The summed E-state index contributed by atoms with van der Waals surface area (Å²) in [5.74, 6) is 0.352. The molecule has 1 rings (SSSR count). The first-order chi connectivity index (χ1) is 6.41. The van der Waals surface area contributed by atoms with Gasteiger partial charge in [-0.05, 0) is 20.8 Å². The van der Waals surface area contributed by atoms with Crippen LogP contribution in [0.4, 0.5) is 0 Å². The van der Waals surface area contributed by atoms with Crippen molar-refractivity contribution in [3.63, 3.8) is 0 Å². The van der Waals surface area contributed by atoms with Crippen LogP contribution < -0.4 is 5.32 Å². The molecular weight excluding hydrogens is 250 g/mol. The van der Waals surface area contributed by atoms with Gasteiger partial charge in [-0.3, -0.25) is 4.79 Å². The molecule has 0 aliphatic heterocycles. The summed E-state index contributed by atoms with van der Waals surface area (Å²) >= 11 is 3.26. The molecule has 0 saturated carbocycles. The summed E-state index contributed by atoms with van der Waals surface area (Å²) in [6, 6.07) is -0.252. The molecule has 14 heavy (non-hydrogen) atoms. The van der Waals surface area contributed by atoms with Gasteiger partial charge in [-0.2, -0.15) is 5.21 Å². The van der Waals surface area contributed by atoms with E-state index in [9.17, 15) is 4.79 Å². The average molecular weight is 262 g/mol. The highest BCUT2D eigenvalue weighted by Gasteiger charge is 2.26. The van der Waals surface area contributed by atoms with Gasteiger partial charge in [0.25, 0.3) is 0 Å². The second-order valence-electron chi connectivity index (χ2n) is 3.44. The van der Waals surface area contributed by atoms with Gasteiger partial charge < -0.3 is 5.32 Å². The molecule has 0 aliphatic rings. The number of aromatic amines is 1. The molecule has 0 spiro atoms. The number of nitrogens with zero attached hydrogens (tertiary/aromatic N) is 3. The molecule has 0 aromatic carbocycles. The average Bonchev–Trinajstić information content (AvgIpc) is 2.53. The van der Waals surface area contributed by atoms with Crippen LogP contribution in [0.25, 0.3) is 0 Å². The van der Waals surface area contributed by atoms with Crippen molar-refractivity contribution in [3.05, 3.63) is 5.82 Å². The molecule has 2 N–H and O–H groups in total. The summed E-state index contributed by atoms with van der Waals surface area (Å²) in [7, 11) is 0. The minimum atomic E-state index is -0.592. The van der Waals surface area contributed by atoms with Gasteiger partial charge in [-0.25, -0.2) is 0 Å². The molecule has 78 valence electrons. The Morgan fingerprint density at radius 1 is 1.64 bits per heavy atom. The molecule has 1 atom stereocenters. The summed E-state index contributed by atoms with van der Waals surface area (Å²) in [5, 5.41) is 16.0. The number of nitrogens with one attached hydrogen (secondary N) is 2. The molecule has 0 saturated heterocycles. The van der Waals surface area contributed by atoms with Crippen LogP contribution in [0.3, 0.4) is 0 Å². The van der Waals surface area contributed by atoms with Crippen molar-refractivity contribution in [2.45, 2.75) is 31.1 Å². The Morgan fingerprint density at radius 2 is 2.29 bits per heavy atom. The first-order valence-corrected chi connectivity index (χ1v) is 4.94. The first-order valence-electron chi connectivity index (χ1n) is 4.14. The Morgan fingerprint density at radius 3 is 2.71 bits per heavy atom. The van der Waals surface area contributed by atoms with Gasteiger partial charge in [0, 0.05) is 0 Å². The number of tetrazole rings is 1. The fraction of sp³-hybridized carbons (Fsp3) is 0.714. The Hall–Kier alpha value is -0.980. The van der Waals surface area contributed by atoms with E-state index in [1.165, 1.54) is 0 Å². The van der Waals surface area contributed by atoms with Crippen molar-refractivity contribution in [1.29, 1.82) is 0 Å². The van der Waals surface area contributed by atoms with Crippen LogP contribution >= 0.6 is 15.9 Å². The normalized spacial score (nSPS) is 13.7. The lowest BCUT2D eigenvalue weighted by molar-refractivity contribution is -0.123. The highest BCUT2D eigenvalue weighted by molar-refractivity contribution is 9.10. The molecule has 7 heteroatoms. The first kappa shape index (κ1) is 11.1. The fourth-order valence-electron chi connectivity index (χ4n) is 0.786. The van der Waals surface area contributed by atoms with Crippen LogP contribution in [0.5, 0.6) is 0 Å². The van der Waals surface area contributed by atoms with Crippen molar-refractivity contribution in [1.82, 2.24) is 25.9 Å². The highest BCUT2D eigenvalue weighted by atomic mass is 79.9.